The minimum Gasteiger partial charge on any atom is -0.338 e. The summed E-state index contributed by atoms with van der Waals surface area (Å²) in [7, 11) is -3.58. The van der Waals surface area contributed by atoms with Gasteiger partial charge in [0.05, 0.1) is 16.9 Å². The molecule has 6 nitrogen and oxygen atoms in total. The molecule has 7 heteroatoms. The number of nitrogens with one attached hydrogen (secondary N) is 1. The van der Waals surface area contributed by atoms with Crippen molar-refractivity contribution in [2.24, 2.45) is 5.92 Å². The van der Waals surface area contributed by atoms with Gasteiger partial charge < -0.3 is 4.90 Å². The van der Waals surface area contributed by atoms with Crippen LogP contribution in [0.25, 0.3) is 0 Å². The highest BCUT2D eigenvalue weighted by Crippen LogP contribution is 2.14. The number of hydrogen-bond acceptors (Lipinski definition) is 4. The van der Waals surface area contributed by atoms with E-state index in [1.165, 1.54) is 24.3 Å². The van der Waals surface area contributed by atoms with Crippen LogP contribution in [0, 0.1) is 17.2 Å². The fourth-order valence-electron chi connectivity index (χ4n) is 2.10. The molecule has 0 aliphatic rings. The second-order valence-corrected chi connectivity index (χ2v) is 7.54. The SMILES string of the molecule is CC[C@@H](C)NS(=O)(=O)c1ccc(C(=O)N(CC)C[C@@H](C)C#N)cc1. The summed E-state index contributed by atoms with van der Waals surface area (Å²) >= 11 is 0. The van der Waals surface area contributed by atoms with Gasteiger partial charge in [-0.3, -0.25) is 4.79 Å². The van der Waals surface area contributed by atoms with Crippen molar-refractivity contribution >= 4 is 15.9 Å². The summed E-state index contributed by atoms with van der Waals surface area (Å²) in [6, 6.07) is 7.83. The van der Waals surface area contributed by atoms with Gasteiger partial charge in [-0.25, -0.2) is 13.1 Å². The third kappa shape index (κ3) is 5.32. The van der Waals surface area contributed by atoms with E-state index in [1.807, 2.05) is 13.8 Å². The van der Waals surface area contributed by atoms with Crippen molar-refractivity contribution in [2.75, 3.05) is 13.1 Å². The quantitative estimate of drug-likeness (QED) is 0.778. The third-order valence-electron chi connectivity index (χ3n) is 3.76. The van der Waals surface area contributed by atoms with E-state index in [1.54, 1.807) is 18.7 Å². The predicted octanol–water partition coefficient (Wildman–Crippen LogP) is 2.39. The molecule has 0 radical (unpaired) electrons. The second-order valence-electron chi connectivity index (χ2n) is 5.83. The maximum absolute atomic E-state index is 12.5. The molecule has 0 heterocycles. The topological polar surface area (TPSA) is 90.3 Å². The van der Waals surface area contributed by atoms with Crippen LogP contribution in [0.2, 0.25) is 0 Å². The zero-order valence-corrected chi connectivity index (χ0v) is 15.4. The van der Waals surface area contributed by atoms with Gasteiger partial charge in [-0.1, -0.05) is 6.92 Å². The summed E-state index contributed by atoms with van der Waals surface area (Å²) in [6.45, 7) is 8.13. The van der Waals surface area contributed by atoms with E-state index in [4.69, 9.17) is 5.26 Å². The highest BCUT2D eigenvalue weighted by molar-refractivity contribution is 7.89. The largest absolute Gasteiger partial charge is 0.338 e. The van der Waals surface area contributed by atoms with Gasteiger partial charge in [0.25, 0.3) is 5.91 Å². The average molecular weight is 351 g/mol. The summed E-state index contributed by atoms with van der Waals surface area (Å²) in [6.07, 6.45) is 0.693. The molecule has 0 spiro atoms. The molecule has 0 saturated carbocycles. The monoisotopic (exact) mass is 351 g/mol. The Balaban J connectivity index is 2.94. The van der Waals surface area contributed by atoms with Crippen LogP contribution in [0.5, 0.6) is 0 Å². The van der Waals surface area contributed by atoms with Crippen LogP contribution in [0.3, 0.4) is 0 Å². The lowest BCUT2D eigenvalue weighted by Gasteiger charge is -2.22. The molecule has 132 valence electrons. The molecule has 24 heavy (non-hydrogen) atoms. The number of amides is 1. The van der Waals surface area contributed by atoms with E-state index in [0.29, 0.717) is 25.1 Å². The van der Waals surface area contributed by atoms with Crippen LogP contribution in [-0.4, -0.2) is 38.4 Å². The van der Waals surface area contributed by atoms with E-state index in [2.05, 4.69) is 10.8 Å². The Labute approximate surface area is 144 Å². The second kappa shape index (κ2) is 8.81. The molecule has 0 aromatic heterocycles. The lowest BCUT2D eigenvalue weighted by molar-refractivity contribution is 0.0752. The Morgan fingerprint density at radius 3 is 2.29 bits per heavy atom. The first kappa shape index (κ1) is 20.1. The Morgan fingerprint density at radius 1 is 1.25 bits per heavy atom. The normalized spacial score (nSPS) is 13.8. The fourth-order valence-corrected chi connectivity index (χ4v) is 3.43. The van der Waals surface area contributed by atoms with Gasteiger partial charge in [-0.05, 0) is 51.5 Å². The highest BCUT2D eigenvalue weighted by atomic mass is 32.2. The first-order chi connectivity index (χ1) is 11.2. The van der Waals surface area contributed by atoms with Gasteiger partial charge >= 0.3 is 0 Å². The number of hydrogen-bond donors (Lipinski definition) is 1. The van der Waals surface area contributed by atoms with Crippen molar-refractivity contribution < 1.29 is 13.2 Å². The van der Waals surface area contributed by atoms with Gasteiger partial charge in [0.15, 0.2) is 0 Å². The molecule has 0 aliphatic heterocycles. The first-order valence-electron chi connectivity index (χ1n) is 8.06. The minimum atomic E-state index is -3.58. The van der Waals surface area contributed by atoms with Crippen LogP contribution in [0.15, 0.2) is 29.2 Å². The number of sulfonamides is 1. The Kier molecular flexibility index (Phi) is 7.39. The van der Waals surface area contributed by atoms with Crippen molar-refractivity contribution in [3.05, 3.63) is 29.8 Å². The number of carbonyl (C=O) groups is 1. The summed E-state index contributed by atoms with van der Waals surface area (Å²) in [5.74, 6) is -0.466. The average Bonchev–Trinajstić information content (AvgIpc) is 2.58. The molecule has 0 saturated heterocycles. The molecular weight excluding hydrogens is 326 g/mol. The smallest absolute Gasteiger partial charge is 0.253 e. The fraction of sp³-hybridized carbons (Fsp3) is 0.529. The zero-order valence-electron chi connectivity index (χ0n) is 14.6. The van der Waals surface area contributed by atoms with Crippen molar-refractivity contribution in [2.45, 2.75) is 45.1 Å². The number of benzene rings is 1. The molecule has 0 bridgehead atoms. The van der Waals surface area contributed by atoms with E-state index >= 15 is 0 Å². The molecule has 1 amide bonds. The molecule has 0 unspecified atom stereocenters. The highest BCUT2D eigenvalue weighted by Gasteiger charge is 2.19. The van der Waals surface area contributed by atoms with Crippen molar-refractivity contribution in [3.63, 3.8) is 0 Å². The van der Waals surface area contributed by atoms with Crippen LogP contribution in [0.4, 0.5) is 0 Å². The van der Waals surface area contributed by atoms with Gasteiger partial charge in [-0.2, -0.15) is 5.26 Å². The van der Waals surface area contributed by atoms with Crippen molar-refractivity contribution in [1.82, 2.24) is 9.62 Å². The molecule has 1 aromatic carbocycles. The van der Waals surface area contributed by atoms with E-state index in [0.717, 1.165) is 0 Å². The molecule has 1 N–H and O–H groups in total. The summed E-state index contributed by atoms with van der Waals surface area (Å²) in [5.41, 5.74) is 0.407. The van der Waals surface area contributed by atoms with Crippen LogP contribution in [0.1, 0.15) is 44.5 Å². The molecule has 2 atom stereocenters. The Hall–Kier alpha value is -1.91. The molecule has 0 fully saturated rings. The van der Waals surface area contributed by atoms with Gasteiger partial charge in [0.2, 0.25) is 10.0 Å². The van der Waals surface area contributed by atoms with Crippen molar-refractivity contribution in [3.8, 4) is 6.07 Å². The maximum Gasteiger partial charge on any atom is 0.253 e. The first-order valence-corrected chi connectivity index (χ1v) is 9.54. The van der Waals surface area contributed by atoms with E-state index < -0.39 is 10.0 Å². The number of carbonyl (C=O) groups excluding carboxylic acids is 1. The Bertz CT molecular complexity index is 693. The van der Waals surface area contributed by atoms with Gasteiger partial charge in [0.1, 0.15) is 0 Å². The molecule has 1 aromatic rings. The minimum absolute atomic E-state index is 0.132. The number of rotatable bonds is 8. The summed E-state index contributed by atoms with van der Waals surface area (Å²) in [5, 5.41) is 8.89. The van der Waals surface area contributed by atoms with E-state index in [-0.39, 0.29) is 22.8 Å². The molecular formula is C17H25N3O3S. The molecule has 0 aliphatic carbocycles. The lowest BCUT2D eigenvalue weighted by atomic mass is 10.1. The molecule has 1 rings (SSSR count). The van der Waals surface area contributed by atoms with Crippen LogP contribution < -0.4 is 4.72 Å². The maximum atomic E-state index is 12.5. The lowest BCUT2D eigenvalue weighted by Crippen LogP contribution is -2.34. The third-order valence-corrected chi connectivity index (χ3v) is 5.37. The predicted molar refractivity (Wildman–Crippen MR) is 92.9 cm³/mol. The van der Waals surface area contributed by atoms with Crippen LogP contribution >= 0.6 is 0 Å². The van der Waals surface area contributed by atoms with Crippen molar-refractivity contribution in [1.29, 1.82) is 5.26 Å². The van der Waals surface area contributed by atoms with Gasteiger partial charge in [0, 0.05) is 24.7 Å². The Morgan fingerprint density at radius 2 is 1.83 bits per heavy atom. The standard InChI is InChI=1S/C17H25N3O3S/c1-5-14(4)19-24(22,23)16-9-7-15(8-10-16)17(21)20(6-2)12-13(3)11-18/h7-10,13-14,19H,5-6,12H2,1-4H3/t13-,14+/m0/s1. The van der Waals surface area contributed by atoms with E-state index in [9.17, 15) is 13.2 Å². The number of nitrogens with zero attached hydrogens (tertiary/aromatic N) is 2. The number of nitriles is 1. The van der Waals surface area contributed by atoms with Gasteiger partial charge in [-0.15, -0.1) is 0 Å². The van der Waals surface area contributed by atoms with Crippen LogP contribution in [-0.2, 0) is 10.0 Å². The zero-order chi connectivity index (χ0) is 18.3. The summed E-state index contributed by atoms with van der Waals surface area (Å²) in [4.78, 5) is 14.2. The summed E-state index contributed by atoms with van der Waals surface area (Å²) < 4.78 is 27.0.